The van der Waals surface area contributed by atoms with E-state index in [4.69, 9.17) is 4.52 Å². The molecule has 0 aliphatic heterocycles. The monoisotopic (exact) mass is 258 g/mol. The lowest BCUT2D eigenvalue weighted by Gasteiger charge is -1.92. The van der Waals surface area contributed by atoms with Gasteiger partial charge in [-0.2, -0.15) is 4.98 Å². The Morgan fingerprint density at radius 2 is 2.22 bits per heavy atom. The first-order valence-corrected chi connectivity index (χ1v) is 6.33. The van der Waals surface area contributed by atoms with Crippen LogP contribution in [0.1, 0.15) is 16.4 Å². The van der Waals surface area contributed by atoms with Gasteiger partial charge in [0.1, 0.15) is 5.69 Å². The molecule has 18 heavy (non-hydrogen) atoms. The Morgan fingerprint density at radius 3 is 2.94 bits per heavy atom. The maximum absolute atomic E-state index is 5.18. The Balaban J connectivity index is 1.83. The van der Waals surface area contributed by atoms with Gasteiger partial charge >= 0.3 is 0 Å². The Kier molecular flexibility index (Phi) is 2.85. The molecule has 0 spiro atoms. The maximum Gasteiger partial charge on any atom is 0.278 e. The highest BCUT2D eigenvalue weighted by atomic mass is 32.1. The zero-order valence-electron chi connectivity index (χ0n) is 9.70. The largest absolute Gasteiger partial charge is 0.332 e. The summed E-state index contributed by atoms with van der Waals surface area (Å²) in [6, 6.07) is 4.05. The minimum absolute atomic E-state index is 0.411. The van der Waals surface area contributed by atoms with Gasteiger partial charge in [-0.25, -0.2) is 4.98 Å². The lowest BCUT2D eigenvalue weighted by molar-refractivity contribution is 0.422. The van der Waals surface area contributed by atoms with Crippen LogP contribution in [-0.2, 0) is 6.42 Å². The molecule has 0 saturated heterocycles. The fourth-order valence-electron chi connectivity index (χ4n) is 1.50. The van der Waals surface area contributed by atoms with Crippen molar-refractivity contribution in [3.8, 4) is 11.6 Å². The van der Waals surface area contributed by atoms with Crippen LogP contribution in [0.5, 0.6) is 0 Å². The predicted octanol–water partition coefficient (Wildman–Crippen LogP) is 2.49. The van der Waals surface area contributed by atoms with Crippen LogP contribution in [0.3, 0.4) is 0 Å². The summed E-state index contributed by atoms with van der Waals surface area (Å²) in [6.07, 6.45) is 4.00. The highest BCUT2D eigenvalue weighted by Gasteiger charge is 2.11. The van der Waals surface area contributed by atoms with Gasteiger partial charge in [-0.1, -0.05) is 11.2 Å². The molecule has 0 radical (unpaired) electrons. The zero-order chi connectivity index (χ0) is 12.4. The molecule has 0 amide bonds. The molecule has 0 aliphatic rings. The molecule has 0 atom stereocenters. The second-order valence-electron chi connectivity index (χ2n) is 3.81. The van der Waals surface area contributed by atoms with E-state index in [0.29, 0.717) is 23.8 Å². The summed E-state index contributed by atoms with van der Waals surface area (Å²) in [7, 11) is 0. The third-order valence-electron chi connectivity index (χ3n) is 2.38. The van der Waals surface area contributed by atoms with Gasteiger partial charge in [0.25, 0.3) is 5.89 Å². The molecule has 90 valence electrons. The van der Waals surface area contributed by atoms with Crippen molar-refractivity contribution in [1.82, 2.24) is 20.1 Å². The van der Waals surface area contributed by atoms with Crippen molar-refractivity contribution in [2.45, 2.75) is 13.3 Å². The van der Waals surface area contributed by atoms with Crippen molar-refractivity contribution in [2.24, 2.45) is 0 Å². The number of aryl methyl sites for hydroxylation is 1. The van der Waals surface area contributed by atoms with Gasteiger partial charge in [0.05, 0.1) is 11.9 Å². The van der Waals surface area contributed by atoms with E-state index < -0.39 is 0 Å². The molecule has 3 heterocycles. The van der Waals surface area contributed by atoms with Gasteiger partial charge < -0.3 is 4.52 Å². The van der Waals surface area contributed by atoms with Crippen molar-refractivity contribution in [3.63, 3.8) is 0 Å². The van der Waals surface area contributed by atoms with Gasteiger partial charge in [0, 0.05) is 17.5 Å². The summed E-state index contributed by atoms with van der Waals surface area (Å²) in [4.78, 5) is 13.9. The Bertz CT molecular complexity index is 630. The minimum atomic E-state index is 0.411. The zero-order valence-corrected chi connectivity index (χ0v) is 10.5. The molecular weight excluding hydrogens is 248 g/mol. The third-order valence-corrected chi connectivity index (χ3v) is 3.26. The lowest BCUT2D eigenvalue weighted by atomic mass is 10.3. The van der Waals surface area contributed by atoms with Crippen molar-refractivity contribution in [1.29, 1.82) is 0 Å². The number of nitrogens with zero attached hydrogens (tertiary/aromatic N) is 4. The first-order chi connectivity index (χ1) is 8.81. The molecule has 0 fully saturated rings. The van der Waals surface area contributed by atoms with E-state index in [9.17, 15) is 0 Å². The van der Waals surface area contributed by atoms with E-state index in [-0.39, 0.29) is 0 Å². The topological polar surface area (TPSA) is 64.7 Å². The van der Waals surface area contributed by atoms with E-state index in [2.05, 4.69) is 20.1 Å². The van der Waals surface area contributed by atoms with Crippen LogP contribution in [0.4, 0.5) is 0 Å². The summed E-state index contributed by atoms with van der Waals surface area (Å²) < 4.78 is 5.18. The van der Waals surface area contributed by atoms with Crippen LogP contribution in [0, 0.1) is 6.92 Å². The third kappa shape index (κ3) is 2.28. The van der Waals surface area contributed by atoms with E-state index in [1.54, 1.807) is 23.7 Å². The van der Waals surface area contributed by atoms with Crippen LogP contribution in [0.15, 0.2) is 34.4 Å². The number of rotatable bonds is 3. The molecule has 3 aromatic rings. The summed E-state index contributed by atoms with van der Waals surface area (Å²) in [5.74, 6) is 1.07. The van der Waals surface area contributed by atoms with Gasteiger partial charge in [-0.3, -0.25) is 4.98 Å². The van der Waals surface area contributed by atoms with Crippen LogP contribution in [0.25, 0.3) is 11.6 Å². The minimum Gasteiger partial charge on any atom is -0.332 e. The number of hydrogen-bond acceptors (Lipinski definition) is 6. The fraction of sp³-hybridized carbons (Fsp3) is 0.167. The molecule has 0 aromatic carbocycles. The molecule has 6 heteroatoms. The Morgan fingerprint density at radius 1 is 1.28 bits per heavy atom. The van der Waals surface area contributed by atoms with Crippen molar-refractivity contribution in [2.75, 3.05) is 0 Å². The van der Waals surface area contributed by atoms with Crippen LogP contribution < -0.4 is 0 Å². The first kappa shape index (κ1) is 11.0. The SMILES string of the molecule is Cc1cnc(-c2nc(Cc3cccs3)no2)cn1. The summed E-state index contributed by atoms with van der Waals surface area (Å²) in [5.41, 5.74) is 1.46. The van der Waals surface area contributed by atoms with Gasteiger partial charge in [-0.05, 0) is 18.4 Å². The van der Waals surface area contributed by atoms with Crippen LogP contribution in [-0.4, -0.2) is 20.1 Å². The molecule has 0 bridgehead atoms. The molecular formula is C12H10N4OS. The van der Waals surface area contributed by atoms with E-state index in [0.717, 1.165) is 5.69 Å². The molecule has 3 rings (SSSR count). The number of hydrogen-bond donors (Lipinski definition) is 0. The van der Waals surface area contributed by atoms with E-state index in [1.165, 1.54) is 4.88 Å². The van der Waals surface area contributed by atoms with Gasteiger partial charge in [-0.15, -0.1) is 11.3 Å². The summed E-state index contributed by atoms with van der Waals surface area (Å²) >= 11 is 1.68. The smallest absolute Gasteiger partial charge is 0.278 e. The van der Waals surface area contributed by atoms with Crippen molar-refractivity contribution < 1.29 is 4.52 Å². The average molecular weight is 258 g/mol. The lowest BCUT2D eigenvalue weighted by Crippen LogP contribution is -1.90. The molecule has 0 N–H and O–H groups in total. The fourth-order valence-corrected chi connectivity index (χ4v) is 2.20. The van der Waals surface area contributed by atoms with Gasteiger partial charge in [0.15, 0.2) is 5.82 Å². The normalized spacial score (nSPS) is 10.7. The van der Waals surface area contributed by atoms with Crippen molar-refractivity contribution >= 4 is 11.3 Å². The second kappa shape index (κ2) is 4.66. The highest BCUT2D eigenvalue weighted by Crippen LogP contribution is 2.16. The van der Waals surface area contributed by atoms with Gasteiger partial charge in [0.2, 0.25) is 0 Å². The van der Waals surface area contributed by atoms with Crippen LogP contribution in [0.2, 0.25) is 0 Å². The van der Waals surface area contributed by atoms with E-state index in [1.807, 2.05) is 24.4 Å². The molecule has 0 unspecified atom stereocenters. The predicted molar refractivity (Wildman–Crippen MR) is 67.2 cm³/mol. The summed E-state index contributed by atoms with van der Waals surface area (Å²) in [6.45, 7) is 1.88. The highest BCUT2D eigenvalue weighted by molar-refractivity contribution is 7.09. The Hall–Kier alpha value is -2.08. The van der Waals surface area contributed by atoms with Crippen LogP contribution >= 0.6 is 11.3 Å². The average Bonchev–Trinajstić information content (AvgIpc) is 3.02. The Labute approximate surface area is 108 Å². The first-order valence-electron chi connectivity index (χ1n) is 5.45. The molecule has 0 saturated carbocycles. The van der Waals surface area contributed by atoms with E-state index >= 15 is 0 Å². The molecule has 3 aromatic heterocycles. The maximum atomic E-state index is 5.18. The summed E-state index contributed by atoms with van der Waals surface area (Å²) in [5, 5.41) is 5.97. The standard InChI is InChI=1S/C12H10N4OS/c1-8-6-14-10(7-13-8)12-15-11(16-17-12)5-9-3-2-4-18-9/h2-4,6-7H,5H2,1H3. The number of aromatic nitrogens is 4. The number of thiophene rings is 1. The van der Waals surface area contributed by atoms with Crippen molar-refractivity contribution in [3.05, 3.63) is 46.3 Å². The molecule has 0 aliphatic carbocycles. The quantitative estimate of drug-likeness (QED) is 0.722. The second-order valence-corrected chi connectivity index (χ2v) is 4.85. The molecule has 5 nitrogen and oxygen atoms in total.